The summed E-state index contributed by atoms with van der Waals surface area (Å²) in [4.78, 5) is 14.4. The van der Waals surface area contributed by atoms with Crippen LogP contribution in [-0.4, -0.2) is 48.8 Å². The van der Waals surface area contributed by atoms with Gasteiger partial charge in [-0.1, -0.05) is 36.4 Å². The minimum Gasteiger partial charge on any atom is -0.396 e. The number of aliphatic hydroxyl groups is 1. The normalized spacial score (nSPS) is 17.5. The van der Waals surface area contributed by atoms with Gasteiger partial charge in [-0.2, -0.15) is 0 Å². The van der Waals surface area contributed by atoms with E-state index in [1.807, 2.05) is 36.4 Å². The molecule has 0 aromatic heterocycles. The van der Waals surface area contributed by atoms with E-state index in [4.69, 9.17) is 0 Å². The average molecular weight is 367 g/mol. The first kappa shape index (κ1) is 19.4. The van der Waals surface area contributed by atoms with Crippen molar-refractivity contribution in [3.8, 4) is 11.1 Å². The number of aryl methyl sites for hydroxylation is 1. The maximum absolute atomic E-state index is 12.1. The van der Waals surface area contributed by atoms with Crippen molar-refractivity contribution in [3.63, 3.8) is 0 Å². The zero-order valence-electron chi connectivity index (χ0n) is 15.9. The third kappa shape index (κ3) is 5.55. The highest BCUT2D eigenvalue weighted by molar-refractivity contribution is 5.89. The van der Waals surface area contributed by atoms with Crippen LogP contribution >= 0.6 is 0 Å². The Balaban J connectivity index is 1.45. The Morgan fingerprint density at radius 1 is 1.19 bits per heavy atom. The maximum atomic E-state index is 12.1. The molecule has 2 aromatic carbocycles. The molecule has 5 heteroatoms. The Kier molecular flexibility index (Phi) is 6.85. The summed E-state index contributed by atoms with van der Waals surface area (Å²) in [5.41, 5.74) is 4.36. The van der Waals surface area contributed by atoms with Crippen LogP contribution in [0.5, 0.6) is 0 Å². The van der Waals surface area contributed by atoms with Gasteiger partial charge < -0.3 is 20.6 Å². The van der Waals surface area contributed by atoms with Crippen LogP contribution in [0, 0.1) is 12.8 Å². The second-order valence-electron chi connectivity index (χ2n) is 7.26. The molecule has 5 nitrogen and oxygen atoms in total. The van der Waals surface area contributed by atoms with E-state index in [9.17, 15) is 9.90 Å². The maximum Gasteiger partial charge on any atom is 0.319 e. The summed E-state index contributed by atoms with van der Waals surface area (Å²) in [6.45, 7) is 5.73. The first-order valence-electron chi connectivity index (χ1n) is 9.70. The Morgan fingerprint density at radius 3 is 2.70 bits per heavy atom. The fourth-order valence-electron chi connectivity index (χ4n) is 3.64. The van der Waals surface area contributed by atoms with Crippen LogP contribution in [0.2, 0.25) is 0 Å². The van der Waals surface area contributed by atoms with Crippen LogP contribution in [-0.2, 0) is 0 Å². The van der Waals surface area contributed by atoms with Gasteiger partial charge in [0.05, 0.1) is 0 Å². The van der Waals surface area contributed by atoms with E-state index >= 15 is 0 Å². The fraction of sp³-hybridized carbons (Fsp3) is 0.409. The number of rotatable bonds is 6. The van der Waals surface area contributed by atoms with Crippen LogP contribution in [0.4, 0.5) is 10.5 Å². The molecular formula is C22H29N3O2. The minimum atomic E-state index is -0.186. The van der Waals surface area contributed by atoms with Gasteiger partial charge in [-0.05, 0) is 61.1 Å². The Hall–Kier alpha value is -2.37. The van der Waals surface area contributed by atoms with Gasteiger partial charge in [0, 0.05) is 31.9 Å². The number of hydrogen-bond donors (Lipinski definition) is 3. The molecule has 1 heterocycles. The van der Waals surface area contributed by atoms with Crippen molar-refractivity contribution in [2.45, 2.75) is 19.8 Å². The molecule has 1 aliphatic heterocycles. The highest BCUT2D eigenvalue weighted by Crippen LogP contribution is 2.24. The summed E-state index contributed by atoms with van der Waals surface area (Å²) in [5, 5.41) is 15.1. The lowest BCUT2D eigenvalue weighted by Gasteiger charge is -2.31. The molecule has 27 heavy (non-hydrogen) atoms. The Bertz CT molecular complexity index is 745. The topological polar surface area (TPSA) is 64.6 Å². The summed E-state index contributed by atoms with van der Waals surface area (Å²) < 4.78 is 0. The molecule has 2 aromatic rings. The van der Waals surface area contributed by atoms with Crippen molar-refractivity contribution < 1.29 is 9.90 Å². The van der Waals surface area contributed by atoms with Crippen molar-refractivity contribution in [2.75, 3.05) is 38.1 Å². The van der Waals surface area contributed by atoms with Crippen LogP contribution in [0.1, 0.15) is 18.4 Å². The van der Waals surface area contributed by atoms with Gasteiger partial charge in [-0.25, -0.2) is 4.79 Å². The molecule has 0 saturated carbocycles. The number of hydrogen-bond acceptors (Lipinski definition) is 3. The number of benzene rings is 2. The van der Waals surface area contributed by atoms with Crippen LogP contribution < -0.4 is 10.6 Å². The third-order valence-corrected chi connectivity index (χ3v) is 5.17. The fourth-order valence-corrected chi connectivity index (χ4v) is 3.64. The predicted octanol–water partition coefficient (Wildman–Crippen LogP) is 3.49. The van der Waals surface area contributed by atoms with Gasteiger partial charge in [-0.3, -0.25) is 0 Å². The van der Waals surface area contributed by atoms with Crippen molar-refractivity contribution in [2.24, 2.45) is 5.92 Å². The number of nitrogens with one attached hydrogen (secondary N) is 2. The Labute approximate surface area is 161 Å². The predicted molar refractivity (Wildman–Crippen MR) is 110 cm³/mol. The van der Waals surface area contributed by atoms with Crippen molar-refractivity contribution >= 4 is 11.7 Å². The smallest absolute Gasteiger partial charge is 0.319 e. The van der Waals surface area contributed by atoms with Crippen LogP contribution in [0.25, 0.3) is 11.1 Å². The van der Waals surface area contributed by atoms with E-state index in [0.717, 1.165) is 43.7 Å². The molecule has 0 aliphatic carbocycles. The summed E-state index contributed by atoms with van der Waals surface area (Å²) >= 11 is 0. The molecule has 2 amide bonds. The molecular weight excluding hydrogens is 338 g/mol. The largest absolute Gasteiger partial charge is 0.396 e. The van der Waals surface area contributed by atoms with E-state index in [1.54, 1.807) is 0 Å². The molecule has 1 unspecified atom stereocenters. The highest BCUT2D eigenvalue weighted by atomic mass is 16.3. The summed E-state index contributed by atoms with van der Waals surface area (Å²) in [6, 6.07) is 16.0. The summed E-state index contributed by atoms with van der Waals surface area (Å²) in [6.07, 6.45) is 2.21. The van der Waals surface area contributed by atoms with Crippen molar-refractivity contribution in [1.29, 1.82) is 0 Å². The second-order valence-corrected chi connectivity index (χ2v) is 7.26. The number of aliphatic hydroxyl groups excluding tert-OH is 1. The number of nitrogens with zero attached hydrogens (tertiary/aromatic N) is 1. The number of anilines is 1. The molecule has 0 spiro atoms. The number of likely N-dealkylation sites (tertiary alicyclic amines) is 1. The first-order chi connectivity index (χ1) is 13.2. The number of amides is 2. The van der Waals surface area contributed by atoms with E-state index < -0.39 is 0 Å². The SMILES string of the molecule is Cc1ccccc1-c1ccc(NC(=O)NCCN2CCCC(CO)C2)cc1. The molecule has 3 rings (SSSR count). The Morgan fingerprint density at radius 2 is 1.96 bits per heavy atom. The van der Waals surface area contributed by atoms with Gasteiger partial charge >= 0.3 is 6.03 Å². The van der Waals surface area contributed by atoms with Gasteiger partial charge in [-0.15, -0.1) is 0 Å². The standard InChI is InChI=1S/C22H29N3O2/c1-17-5-2-3-7-21(17)19-8-10-20(11-9-19)24-22(27)23-12-14-25-13-4-6-18(15-25)16-26/h2-3,5,7-11,18,26H,4,6,12-16H2,1H3,(H2,23,24,27). The lowest BCUT2D eigenvalue weighted by Crippen LogP contribution is -2.42. The van der Waals surface area contributed by atoms with Gasteiger partial charge in [0.1, 0.15) is 0 Å². The number of piperidine rings is 1. The molecule has 1 aliphatic rings. The van der Waals surface area contributed by atoms with E-state index in [-0.39, 0.29) is 12.6 Å². The van der Waals surface area contributed by atoms with Gasteiger partial charge in [0.15, 0.2) is 0 Å². The molecule has 144 valence electrons. The highest BCUT2D eigenvalue weighted by Gasteiger charge is 2.18. The second kappa shape index (κ2) is 9.53. The number of carbonyl (C=O) groups is 1. The van der Waals surface area contributed by atoms with Gasteiger partial charge in [0.25, 0.3) is 0 Å². The lowest BCUT2D eigenvalue weighted by molar-refractivity contribution is 0.121. The third-order valence-electron chi connectivity index (χ3n) is 5.17. The van der Waals surface area contributed by atoms with Crippen LogP contribution in [0.15, 0.2) is 48.5 Å². The van der Waals surface area contributed by atoms with E-state index in [1.165, 1.54) is 11.1 Å². The monoisotopic (exact) mass is 367 g/mol. The summed E-state index contributed by atoms with van der Waals surface area (Å²) in [5.74, 6) is 0.374. The number of urea groups is 1. The molecule has 1 saturated heterocycles. The molecule has 1 fully saturated rings. The van der Waals surface area contributed by atoms with Gasteiger partial charge in [0.2, 0.25) is 0 Å². The van der Waals surface area contributed by atoms with E-state index in [2.05, 4.69) is 34.6 Å². The lowest BCUT2D eigenvalue weighted by atomic mass is 9.99. The minimum absolute atomic E-state index is 0.186. The molecule has 0 radical (unpaired) electrons. The first-order valence-corrected chi connectivity index (χ1v) is 9.70. The average Bonchev–Trinajstić information content (AvgIpc) is 2.69. The summed E-state index contributed by atoms with van der Waals surface area (Å²) in [7, 11) is 0. The molecule has 1 atom stereocenters. The molecule has 3 N–H and O–H groups in total. The van der Waals surface area contributed by atoms with Crippen molar-refractivity contribution in [1.82, 2.24) is 10.2 Å². The number of carbonyl (C=O) groups excluding carboxylic acids is 1. The molecule has 0 bridgehead atoms. The quantitative estimate of drug-likeness (QED) is 0.732. The van der Waals surface area contributed by atoms with Crippen LogP contribution in [0.3, 0.4) is 0 Å². The zero-order valence-corrected chi connectivity index (χ0v) is 15.9. The van der Waals surface area contributed by atoms with E-state index in [0.29, 0.717) is 12.5 Å². The van der Waals surface area contributed by atoms with Crippen molar-refractivity contribution in [3.05, 3.63) is 54.1 Å². The zero-order chi connectivity index (χ0) is 19.1.